The first-order chi connectivity index (χ1) is 15.2. The minimum absolute atomic E-state index is 0.168. The normalized spacial score (nSPS) is 18.0. The fraction of sp³-hybridized carbons (Fsp3) is 0.440. The Hall–Kier alpha value is -2.86. The zero-order valence-corrected chi connectivity index (χ0v) is 18.1. The van der Waals surface area contributed by atoms with E-state index in [-0.39, 0.29) is 5.92 Å². The van der Waals surface area contributed by atoms with Crippen molar-refractivity contribution in [3.63, 3.8) is 0 Å². The topological polar surface area (TPSA) is 62.2 Å². The average molecular weight is 416 g/mol. The van der Waals surface area contributed by atoms with Crippen LogP contribution < -0.4 is 4.90 Å². The number of nitrogens with zero attached hydrogens (tertiary/aromatic N) is 5. The Labute approximate surface area is 183 Å². The Kier molecular flexibility index (Phi) is 5.64. The second kappa shape index (κ2) is 8.71. The fourth-order valence-corrected chi connectivity index (χ4v) is 4.71. The summed E-state index contributed by atoms with van der Waals surface area (Å²) < 4.78 is 0. The largest absolute Gasteiger partial charge is 0.370 e. The lowest BCUT2D eigenvalue weighted by Gasteiger charge is -2.27. The van der Waals surface area contributed by atoms with E-state index in [1.54, 1.807) is 0 Å². The van der Waals surface area contributed by atoms with Crippen molar-refractivity contribution in [1.29, 1.82) is 0 Å². The summed E-state index contributed by atoms with van der Waals surface area (Å²) in [5, 5.41) is 2.06. The van der Waals surface area contributed by atoms with Crippen molar-refractivity contribution >= 4 is 22.2 Å². The van der Waals surface area contributed by atoms with E-state index < -0.39 is 0 Å². The number of carbonyl (C=O) groups is 1. The van der Waals surface area contributed by atoms with E-state index in [9.17, 15) is 4.79 Å². The lowest BCUT2D eigenvalue weighted by Crippen LogP contribution is -2.34. The molecule has 5 rings (SSSR count). The first-order valence-corrected chi connectivity index (χ1v) is 11.3. The van der Waals surface area contributed by atoms with Crippen LogP contribution in [0.2, 0.25) is 0 Å². The second-order valence-corrected chi connectivity index (χ2v) is 8.94. The van der Waals surface area contributed by atoms with Gasteiger partial charge in [-0.2, -0.15) is 0 Å². The number of fused-ring (bicyclic) bond motifs is 1. The lowest BCUT2D eigenvalue weighted by atomic mass is 9.90. The molecule has 0 unspecified atom stereocenters. The van der Waals surface area contributed by atoms with Crippen molar-refractivity contribution in [1.82, 2.24) is 19.9 Å². The number of carbonyl (C=O) groups excluding carboxylic acids is 1. The molecule has 2 fully saturated rings. The van der Waals surface area contributed by atoms with Crippen molar-refractivity contribution < 1.29 is 4.79 Å². The minimum Gasteiger partial charge on any atom is -0.370 e. The predicted molar refractivity (Wildman–Crippen MR) is 123 cm³/mol. The number of anilines is 1. The van der Waals surface area contributed by atoms with Crippen molar-refractivity contribution in [3.05, 3.63) is 48.7 Å². The van der Waals surface area contributed by atoms with Crippen molar-refractivity contribution in [3.8, 4) is 11.3 Å². The number of ketones is 1. The van der Waals surface area contributed by atoms with Gasteiger partial charge in [-0.1, -0.05) is 0 Å². The summed E-state index contributed by atoms with van der Waals surface area (Å²) in [5.41, 5.74) is 3.93. The number of piperidine rings is 1. The molecule has 0 bridgehead atoms. The van der Waals surface area contributed by atoms with Crippen LogP contribution in [0.5, 0.6) is 0 Å². The van der Waals surface area contributed by atoms with Crippen LogP contribution in [-0.2, 0) is 11.2 Å². The van der Waals surface area contributed by atoms with E-state index >= 15 is 0 Å². The molecular weight excluding hydrogens is 386 g/mol. The number of rotatable bonds is 5. The lowest BCUT2D eigenvalue weighted by molar-refractivity contribution is -0.123. The van der Waals surface area contributed by atoms with Gasteiger partial charge >= 0.3 is 0 Å². The van der Waals surface area contributed by atoms with E-state index in [1.807, 2.05) is 30.9 Å². The Morgan fingerprint density at radius 2 is 1.71 bits per heavy atom. The van der Waals surface area contributed by atoms with Gasteiger partial charge < -0.3 is 9.80 Å². The minimum atomic E-state index is 0.168. The Morgan fingerprint density at radius 1 is 0.935 bits per heavy atom. The van der Waals surface area contributed by atoms with Crippen molar-refractivity contribution in [2.75, 3.05) is 38.1 Å². The van der Waals surface area contributed by atoms with Gasteiger partial charge in [0.1, 0.15) is 5.78 Å². The molecule has 3 aromatic heterocycles. The number of pyridine rings is 3. The van der Waals surface area contributed by atoms with Gasteiger partial charge in [0, 0.05) is 60.7 Å². The van der Waals surface area contributed by atoms with Crippen LogP contribution in [0.15, 0.2) is 43.0 Å². The van der Waals surface area contributed by atoms with E-state index in [4.69, 9.17) is 0 Å². The molecule has 0 radical (unpaired) electrons. The Morgan fingerprint density at radius 3 is 2.52 bits per heavy atom. The molecule has 0 aliphatic carbocycles. The number of hydrogen-bond acceptors (Lipinski definition) is 6. The van der Waals surface area contributed by atoms with Crippen molar-refractivity contribution in [2.24, 2.45) is 5.92 Å². The third kappa shape index (κ3) is 4.44. The monoisotopic (exact) mass is 415 g/mol. The van der Waals surface area contributed by atoms with Crippen LogP contribution in [-0.4, -0.2) is 58.9 Å². The highest BCUT2D eigenvalue weighted by Crippen LogP contribution is 2.27. The first-order valence-electron chi connectivity index (χ1n) is 11.3. The number of hydrogen-bond donors (Lipinski definition) is 0. The highest BCUT2D eigenvalue weighted by atomic mass is 16.1. The Bertz CT molecular complexity index is 1080. The summed E-state index contributed by atoms with van der Waals surface area (Å²) in [5.74, 6) is 0.484. The average Bonchev–Trinajstić information content (AvgIpc) is 3.34. The van der Waals surface area contributed by atoms with Gasteiger partial charge in [0.25, 0.3) is 0 Å². The summed E-state index contributed by atoms with van der Waals surface area (Å²) in [6.07, 6.45) is 12.3. The Balaban J connectivity index is 1.37. The maximum absolute atomic E-state index is 12.8. The summed E-state index contributed by atoms with van der Waals surface area (Å²) in [6.45, 7) is 4.19. The van der Waals surface area contributed by atoms with Crippen LogP contribution in [0.1, 0.15) is 31.4 Å². The quantitative estimate of drug-likeness (QED) is 0.633. The summed E-state index contributed by atoms with van der Waals surface area (Å²) in [4.78, 5) is 31.1. The van der Waals surface area contributed by atoms with Gasteiger partial charge in [0.2, 0.25) is 0 Å². The van der Waals surface area contributed by atoms with Crippen LogP contribution >= 0.6 is 0 Å². The van der Waals surface area contributed by atoms with Gasteiger partial charge in [-0.15, -0.1) is 0 Å². The molecule has 0 amide bonds. The SMILES string of the molecule is CN1CCC(C(=O)Cc2cc3cc(-c4cncc(N5CCCC5)c4)ncc3cn2)CC1. The van der Waals surface area contributed by atoms with Gasteiger partial charge in [-0.3, -0.25) is 19.7 Å². The van der Waals surface area contributed by atoms with E-state index in [1.165, 1.54) is 12.8 Å². The molecule has 160 valence electrons. The molecule has 31 heavy (non-hydrogen) atoms. The summed E-state index contributed by atoms with van der Waals surface area (Å²) in [7, 11) is 2.12. The molecule has 2 aliphatic heterocycles. The van der Waals surface area contributed by atoms with Crippen molar-refractivity contribution in [2.45, 2.75) is 32.1 Å². The van der Waals surface area contributed by atoms with Gasteiger partial charge in [0.15, 0.2) is 0 Å². The molecule has 6 heteroatoms. The fourth-order valence-electron chi connectivity index (χ4n) is 4.71. The zero-order valence-electron chi connectivity index (χ0n) is 18.1. The number of Topliss-reactive ketones (excluding diaryl/α,β-unsaturated/α-hetero) is 1. The number of aromatic nitrogens is 3. The molecule has 0 saturated carbocycles. The first kappa shape index (κ1) is 20.1. The van der Waals surface area contributed by atoms with Crippen LogP contribution in [0, 0.1) is 5.92 Å². The van der Waals surface area contributed by atoms with E-state index in [0.29, 0.717) is 12.2 Å². The standard InChI is InChI=1S/C25H29N5O/c1-29-8-4-18(5-9-29)25(31)13-22-10-19-12-24(28-16-21(19)15-27-22)20-11-23(17-26-14-20)30-6-2-3-7-30/h10-12,14-18H,2-9,13H2,1H3. The maximum Gasteiger partial charge on any atom is 0.142 e. The van der Waals surface area contributed by atoms with Crippen LogP contribution in [0.4, 0.5) is 5.69 Å². The third-order valence-electron chi connectivity index (χ3n) is 6.68. The highest BCUT2D eigenvalue weighted by Gasteiger charge is 2.23. The molecule has 0 N–H and O–H groups in total. The second-order valence-electron chi connectivity index (χ2n) is 8.94. The molecule has 2 aliphatic rings. The summed E-state index contributed by atoms with van der Waals surface area (Å²) in [6, 6.07) is 6.31. The molecule has 0 aromatic carbocycles. The molecule has 0 atom stereocenters. The molecule has 2 saturated heterocycles. The van der Waals surface area contributed by atoms with Crippen LogP contribution in [0.3, 0.4) is 0 Å². The van der Waals surface area contributed by atoms with Gasteiger partial charge in [0.05, 0.1) is 17.6 Å². The highest BCUT2D eigenvalue weighted by molar-refractivity contribution is 5.87. The maximum atomic E-state index is 12.8. The third-order valence-corrected chi connectivity index (χ3v) is 6.68. The molecule has 6 nitrogen and oxygen atoms in total. The van der Waals surface area contributed by atoms with Crippen LogP contribution in [0.25, 0.3) is 22.0 Å². The van der Waals surface area contributed by atoms with E-state index in [0.717, 1.165) is 72.4 Å². The summed E-state index contributed by atoms with van der Waals surface area (Å²) >= 11 is 0. The molecule has 5 heterocycles. The smallest absolute Gasteiger partial charge is 0.142 e. The molecular formula is C25H29N5O. The predicted octanol–water partition coefficient (Wildman–Crippen LogP) is 3.75. The van der Waals surface area contributed by atoms with Gasteiger partial charge in [-0.05, 0) is 69.4 Å². The van der Waals surface area contributed by atoms with Gasteiger partial charge in [-0.25, -0.2) is 0 Å². The van der Waals surface area contributed by atoms with E-state index in [2.05, 4.69) is 43.9 Å². The number of likely N-dealkylation sites (tertiary alicyclic amines) is 1. The zero-order chi connectivity index (χ0) is 21.2. The molecule has 3 aromatic rings. The molecule has 0 spiro atoms.